The first kappa shape index (κ1) is 14.8. The smallest absolute Gasteiger partial charge is 0.179 e. The van der Waals surface area contributed by atoms with E-state index in [1.54, 1.807) is 0 Å². The van der Waals surface area contributed by atoms with Gasteiger partial charge in [0.1, 0.15) is 5.52 Å². The van der Waals surface area contributed by atoms with E-state index in [0.717, 1.165) is 34.6 Å². The number of likely N-dealkylation sites (tertiary alicyclic amines) is 1. The van der Waals surface area contributed by atoms with Crippen LogP contribution >= 0.6 is 12.2 Å². The quantitative estimate of drug-likeness (QED) is 0.883. The molecule has 1 saturated heterocycles. The SMILES string of the molecule is CCc1nn(C)c2c1[nH]c(=S)n2CC1CCN(C(C)C)C1. The predicted octanol–water partition coefficient (Wildman–Crippen LogP) is 2.73. The molecule has 0 radical (unpaired) electrons. The van der Waals surface area contributed by atoms with Crippen LogP contribution in [0.15, 0.2) is 0 Å². The number of aromatic amines is 1. The number of H-pyrrole nitrogens is 1. The van der Waals surface area contributed by atoms with Crippen molar-refractivity contribution in [1.29, 1.82) is 0 Å². The van der Waals surface area contributed by atoms with Crippen LogP contribution in [-0.2, 0) is 20.0 Å². The van der Waals surface area contributed by atoms with Gasteiger partial charge in [-0.1, -0.05) is 6.92 Å². The Labute approximate surface area is 130 Å². The second-order valence-corrected chi connectivity index (χ2v) is 6.79. The molecule has 5 nitrogen and oxygen atoms in total. The number of rotatable bonds is 4. The Kier molecular flexibility index (Phi) is 3.92. The third kappa shape index (κ3) is 2.55. The van der Waals surface area contributed by atoms with Crippen molar-refractivity contribution in [1.82, 2.24) is 24.2 Å². The zero-order chi connectivity index (χ0) is 15.1. The van der Waals surface area contributed by atoms with Crippen molar-refractivity contribution in [2.45, 2.75) is 46.2 Å². The lowest BCUT2D eigenvalue weighted by Gasteiger charge is -2.20. The molecular weight excluding hydrogens is 282 g/mol. The molecule has 1 aliphatic heterocycles. The molecular formula is C15H25N5S. The third-order valence-corrected chi connectivity index (χ3v) is 4.97. The van der Waals surface area contributed by atoms with E-state index in [-0.39, 0.29) is 0 Å². The minimum absolute atomic E-state index is 0.637. The number of fused-ring (bicyclic) bond motifs is 1. The highest BCUT2D eigenvalue weighted by molar-refractivity contribution is 7.71. The number of nitrogens with one attached hydrogen (secondary N) is 1. The summed E-state index contributed by atoms with van der Waals surface area (Å²) in [5.41, 5.74) is 3.36. The molecule has 21 heavy (non-hydrogen) atoms. The zero-order valence-electron chi connectivity index (χ0n) is 13.4. The number of imidazole rings is 1. The van der Waals surface area contributed by atoms with Gasteiger partial charge in [0.05, 0.1) is 5.69 Å². The summed E-state index contributed by atoms with van der Waals surface area (Å²) in [6.07, 6.45) is 2.18. The van der Waals surface area contributed by atoms with Crippen LogP contribution in [0.3, 0.4) is 0 Å². The van der Waals surface area contributed by atoms with E-state index in [1.165, 1.54) is 19.5 Å². The maximum absolute atomic E-state index is 5.54. The summed E-state index contributed by atoms with van der Waals surface area (Å²) in [4.78, 5) is 5.91. The molecule has 3 rings (SSSR count). The molecule has 1 N–H and O–H groups in total. The van der Waals surface area contributed by atoms with Crippen molar-refractivity contribution in [3.63, 3.8) is 0 Å². The average Bonchev–Trinajstić information content (AvgIpc) is 3.09. The first-order valence-corrected chi connectivity index (χ1v) is 8.30. The fourth-order valence-electron chi connectivity index (χ4n) is 3.43. The van der Waals surface area contributed by atoms with E-state index in [9.17, 15) is 0 Å². The van der Waals surface area contributed by atoms with Crippen LogP contribution in [0, 0.1) is 10.7 Å². The third-order valence-electron chi connectivity index (χ3n) is 4.65. The van der Waals surface area contributed by atoms with Crippen LogP contribution in [0.1, 0.15) is 32.9 Å². The van der Waals surface area contributed by atoms with Crippen molar-refractivity contribution in [2.75, 3.05) is 13.1 Å². The monoisotopic (exact) mass is 307 g/mol. The Morgan fingerprint density at radius 2 is 2.19 bits per heavy atom. The highest BCUT2D eigenvalue weighted by Gasteiger charge is 2.26. The van der Waals surface area contributed by atoms with Crippen molar-refractivity contribution < 1.29 is 0 Å². The number of aromatic nitrogens is 4. The fourth-order valence-corrected chi connectivity index (χ4v) is 3.70. The summed E-state index contributed by atoms with van der Waals surface area (Å²) in [5.74, 6) is 0.679. The molecule has 2 aromatic heterocycles. The van der Waals surface area contributed by atoms with E-state index < -0.39 is 0 Å². The lowest BCUT2D eigenvalue weighted by Crippen LogP contribution is -2.28. The van der Waals surface area contributed by atoms with Gasteiger partial charge in [-0.25, -0.2) is 0 Å². The molecule has 3 heterocycles. The van der Waals surface area contributed by atoms with Gasteiger partial charge in [0, 0.05) is 26.2 Å². The summed E-state index contributed by atoms with van der Waals surface area (Å²) in [6.45, 7) is 10.0. The van der Waals surface area contributed by atoms with E-state index in [0.29, 0.717) is 12.0 Å². The van der Waals surface area contributed by atoms with Gasteiger partial charge in [-0.15, -0.1) is 0 Å². The van der Waals surface area contributed by atoms with Gasteiger partial charge < -0.3 is 14.5 Å². The maximum Gasteiger partial charge on any atom is 0.179 e. The highest BCUT2D eigenvalue weighted by atomic mass is 32.1. The molecule has 2 aromatic rings. The number of nitrogens with zero attached hydrogens (tertiary/aromatic N) is 4. The molecule has 116 valence electrons. The van der Waals surface area contributed by atoms with Crippen LogP contribution in [0.5, 0.6) is 0 Å². The molecule has 0 aromatic carbocycles. The molecule has 1 fully saturated rings. The molecule has 6 heteroatoms. The maximum atomic E-state index is 5.54. The van der Waals surface area contributed by atoms with Gasteiger partial charge in [0.25, 0.3) is 0 Å². The topological polar surface area (TPSA) is 41.8 Å². The van der Waals surface area contributed by atoms with E-state index >= 15 is 0 Å². The molecule has 0 spiro atoms. The number of hydrogen-bond donors (Lipinski definition) is 1. The van der Waals surface area contributed by atoms with Crippen LogP contribution in [0.4, 0.5) is 0 Å². The predicted molar refractivity (Wildman–Crippen MR) is 88.1 cm³/mol. The first-order chi connectivity index (χ1) is 10.0. The van der Waals surface area contributed by atoms with Gasteiger partial charge in [0.2, 0.25) is 0 Å². The molecule has 0 aliphatic carbocycles. The zero-order valence-corrected chi connectivity index (χ0v) is 14.2. The summed E-state index contributed by atoms with van der Waals surface area (Å²) < 4.78 is 5.04. The van der Waals surface area contributed by atoms with Gasteiger partial charge in [-0.2, -0.15) is 5.10 Å². The van der Waals surface area contributed by atoms with Crippen LogP contribution in [0.2, 0.25) is 0 Å². The van der Waals surface area contributed by atoms with Crippen LogP contribution in [0.25, 0.3) is 11.2 Å². The number of hydrogen-bond acceptors (Lipinski definition) is 3. The van der Waals surface area contributed by atoms with Gasteiger partial charge in [-0.3, -0.25) is 4.68 Å². The van der Waals surface area contributed by atoms with Gasteiger partial charge in [0.15, 0.2) is 10.4 Å². The molecule has 1 atom stereocenters. The normalized spacial score (nSPS) is 20.1. The Morgan fingerprint density at radius 1 is 1.43 bits per heavy atom. The second-order valence-electron chi connectivity index (χ2n) is 6.41. The van der Waals surface area contributed by atoms with Crippen molar-refractivity contribution >= 4 is 23.4 Å². The average molecular weight is 307 g/mol. The largest absolute Gasteiger partial charge is 0.328 e. The summed E-state index contributed by atoms with van der Waals surface area (Å²) >= 11 is 5.54. The van der Waals surface area contributed by atoms with Crippen LogP contribution < -0.4 is 0 Å². The molecule has 0 bridgehead atoms. The molecule has 1 aliphatic rings. The summed E-state index contributed by atoms with van der Waals surface area (Å²) in [5, 5.41) is 4.60. The summed E-state index contributed by atoms with van der Waals surface area (Å²) in [7, 11) is 2.01. The van der Waals surface area contributed by atoms with E-state index in [1.807, 2.05) is 11.7 Å². The Bertz CT molecular complexity index is 693. The standard InChI is InChI=1S/C15H25N5S/c1-5-12-13-14(18(4)17-12)20(15(21)16-13)9-11-6-7-19(8-11)10(2)3/h10-11H,5-9H2,1-4H3,(H,16,21). The van der Waals surface area contributed by atoms with Gasteiger partial charge >= 0.3 is 0 Å². The lowest BCUT2D eigenvalue weighted by molar-refractivity contribution is 0.261. The summed E-state index contributed by atoms with van der Waals surface area (Å²) in [6, 6.07) is 0.637. The van der Waals surface area contributed by atoms with E-state index in [4.69, 9.17) is 12.2 Å². The molecule has 0 amide bonds. The first-order valence-electron chi connectivity index (χ1n) is 7.89. The fraction of sp³-hybridized carbons (Fsp3) is 0.733. The second kappa shape index (κ2) is 5.57. The Morgan fingerprint density at radius 3 is 2.81 bits per heavy atom. The highest BCUT2D eigenvalue weighted by Crippen LogP contribution is 2.24. The minimum Gasteiger partial charge on any atom is -0.328 e. The van der Waals surface area contributed by atoms with Crippen molar-refractivity contribution in [2.24, 2.45) is 13.0 Å². The van der Waals surface area contributed by atoms with Gasteiger partial charge in [-0.05, 0) is 51.4 Å². The lowest BCUT2D eigenvalue weighted by atomic mass is 10.1. The Balaban J connectivity index is 1.89. The Hall–Kier alpha value is -1.14. The van der Waals surface area contributed by atoms with Crippen molar-refractivity contribution in [3.8, 4) is 0 Å². The number of aryl methyl sites for hydroxylation is 2. The van der Waals surface area contributed by atoms with Crippen molar-refractivity contribution in [3.05, 3.63) is 10.5 Å². The minimum atomic E-state index is 0.637. The molecule has 1 unspecified atom stereocenters. The molecule has 0 saturated carbocycles. The van der Waals surface area contributed by atoms with E-state index in [2.05, 4.69) is 40.3 Å². The van der Waals surface area contributed by atoms with Crippen LogP contribution in [-0.4, -0.2) is 43.4 Å².